The first kappa shape index (κ1) is 79.5. The molecule has 0 bridgehead atoms. The highest BCUT2D eigenvalue weighted by Crippen LogP contribution is 2.24. The number of carboxylic acids is 2. The molecule has 17 N–H and O–H groups in total. The standard InChI is InChI=1S/C71H86N14O16S2/c1-37(2)59(83-67(96)57(29-44-32-74-50-21-12-11-20-48(44)50)85(5)70(99)54(31-58(88)89)80-61(90)38(3)76-62(91)49(72)34-102)68(97)82-56(35-103)66(95)77-51(26-41-22-24-46(87)25-23-41)63(92)78-52(28-43-18-13-17-42-16-9-10-19-47(42)43)64(93)79-53(30-45-33-73-36-75-45)65(94)84-60(39(4)86)69(98)81-55(71(100)101)27-40-14-7-6-8-15-40/h6-25,32-33,36-39,49,51-57,59-60,74,86-87,102-103H,26-31,34-35,72H2,1-5H3,(H,73,75)(H,76,91)(H,77,95)(H,78,92)(H,79,93)(H,80,90)(H,81,98)(H,82,97)(H,83,96)(H,84,94)(H,88,89)(H,100,101)/t38-,39+,49-,51-,52-,53-,54-,55-,56-,57-,59-,60-/m0/s1. The smallest absolute Gasteiger partial charge is 0.326 e. The Bertz CT molecular complexity index is 4140. The van der Waals surface area contributed by atoms with Crippen LogP contribution in [0.3, 0.4) is 0 Å². The van der Waals surface area contributed by atoms with Crippen LogP contribution >= 0.6 is 25.3 Å². The third kappa shape index (κ3) is 22.6. The second kappa shape index (κ2) is 37.7. The summed E-state index contributed by atoms with van der Waals surface area (Å²) in [6.07, 6.45) is 0.484. The van der Waals surface area contributed by atoms with Crippen molar-refractivity contribution in [2.24, 2.45) is 11.7 Å². The predicted octanol–water partition coefficient (Wildman–Crippen LogP) is 0.256. The molecule has 32 heteroatoms. The van der Waals surface area contributed by atoms with Crippen LogP contribution in [0.5, 0.6) is 5.75 Å². The van der Waals surface area contributed by atoms with Crippen LogP contribution in [-0.4, -0.2) is 202 Å². The average Bonchev–Trinajstić information content (AvgIpc) is 1.81. The first-order valence-electron chi connectivity index (χ1n) is 33.0. The first-order chi connectivity index (χ1) is 49.0. The van der Waals surface area contributed by atoms with Crippen molar-refractivity contribution in [1.82, 2.24) is 67.7 Å². The number of hydrogen-bond acceptors (Lipinski definition) is 18. The van der Waals surface area contributed by atoms with E-state index in [1.165, 1.54) is 57.7 Å². The Hall–Kier alpha value is -10.8. The molecule has 2 aromatic heterocycles. The number of aromatic nitrogens is 3. The molecule has 0 saturated carbocycles. The van der Waals surface area contributed by atoms with Gasteiger partial charge in [-0.15, -0.1) is 0 Å². The number of amides is 10. The Morgan fingerprint density at radius 3 is 1.65 bits per heavy atom. The number of thiol groups is 2. The number of phenolic OH excluding ortho intramolecular Hbond substituents is 1. The molecule has 7 rings (SSSR count). The summed E-state index contributed by atoms with van der Waals surface area (Å²) >= 11 is 8.41. The van der Waals surface area contributed by atoms with Gasteiger partial charge in [0.25, 0.3) is 0 Å². The van der Waals surface area contributed by atoms with Crippen LogP contribution in [-0.2, 0) is 89.6 Å². The second-order valence-electron chi connectivity index (χ2n) is 25.2. The molecule has 103 heavy (non-hydrogen) atoms. The SMILES string of the molecule is CC(C)[C@H](NC(=O)[C@H](Cc1c[nH]c2ccccc12)N(C)C(=O)[C@H](CC(=O)O)NC(=O)[C@H](C)NC(=O)[C@@H](N)CS)C(=O)N[C@@H](CS)C(=O)N[C@@H](Cc1ccc(O)cc1)C(=O)N[C@@H](Cc1cccc2ccccc12)C(=O)N[C@@H](Cc1cnc[nH]1)C(=O)N[C@H](C(=O)N[C@@H](Cc1ccccc1)C(=O)O)[C@@H](C)O. The zero-order chi connectivity index (χ0) is 75.2. The lowest BCUT2D eigenvalue weighted by Gasteiger charge is -2.33. The summed E-state index contributed by atoms with van der Waals surface area (Å²) in [5.74, 6) is -13.9. The topological polar surface area (TPSA) is 468 Å². The maximum atomic E-state index is 15.2. The largest absolute Gasteiger partial charge is 0.508 e. The molecule has 7 aromatic rings. The van der Waals surface area contributed by atoms with Gasteiger partial charge in [0.1, 0.15) is 66.2 Å². The molecular formula is C71H86N14O16S2. The number of H-pyrrole nitrogens is 2. The number of phenols is 1. The summed E-state index contributed by atoms with van der Waals surface area (Å²) < 4.78 is 0. The molecule has 2 heterocycles. The minimum Gasteiger partial charge on any atom is -0.508 e. The number of benzene rings is 5. The fourth-order valence-electron chi connectivity index (χ4n) is 11.3. The second-order valence-corrected chi connectivity index (χ2v) is 25.9. The molecule has 12 atom stereocenters. The van der Waals surface area contributed by atoms with E-state index >= 15 is 9.59 Å². The minimum atomic E-state index is -1.80. The lowest BCUT2D eigenvalue weighted by molar-refractivity contribution is -0.146. The molecule has 0 saturated heterocycles. The molecule has 0 aliphatic rings. The van der Waals surface area contributed by atoms with Gasteiger partial charge in [-0.3, -0.25) is 52.7 Å². The molecule has 5 aromatic carbocycles. The normalized spacial score (nSPS) is 14.8. The highest BCUT2D eigenvalue weighted by atomic mass is 32.1. The summed E-state index contributed by atoms with van der Waals surface area (Å²) in [7, 11) is 1.21. The number of aliphatic carboxylic acids is 2. The van der Waals surface area contributed by atoms with Crippen molar-refractivity contribution in [3.05, 3.63) is 168 Å². The van der Waals surface area contributed by atoms with Crippen molar-refractivity contribution in [3.8, 4) is 5.75 Å². The molecule has 0 radical (unpaired) electrons. The van der Waals surface area contributed by atoms with Gasteiger partial charge in [0.05, 0.1) is 24.9 Å². The Kier molecular flexibility index (Phi) is 29.1. The number of carbonyl (C=O) groups is 12. The highest BCUT2D eigenvalue weighted by Gasteiger charge is 2.40. The number of carbonyl (C=O) groups excluding carboxylic acids is 10. The van der Waals surface area contributed by atoms with Gasteiger partial charge in [-0.2, -0.15) is 25.3 Å². The van der Waals surface area contributed by atoms with Crippen LogP contribution in [0.15, 0.2) is 140 Å². The average molecular weight is 1460 g/mol. The van der Waals surface area contributed by atoms with Gasteiger partial charge >= 0.3 is 11.9 Å². The van der Waals surface area contributed by atoms with E-state index in [4.69, 9.17) is 5.73 Å². The summed E-state index contributed by atoms with van der Waals surface area (Å²) in [6, 6.07) is 16.8. The number of fused-ring (bicyclic) bond motifs is 2. The van der Waals surface area contributed by atoms with Crippen LogP contribution in [0.1, 0.15) is 62.1 Å². The number of carboxylic acid groups (broad SMARTS) is 2. The van der Waals surface area contributed by atoms with E-state index < -0.39 is 162 Å². The van der Waals surface area contributed by atoms with E-state index in [1.54, 1.807) is 105 Å². The maximum Gasteiger partial charge on any atom is 0.326 e. The van der Waals surface area contributed by atoms with Crippen molar-refractivity contribution in [3.63, 3.8) is 0 Å². The number of hydrogen-bond donors (Lipinski definition) is 18. The third-order valence-electron chi connectivity index (χ3n) is 17.1. The van der Waals surface area contributed by atoms with Gasteiger partial charge in [0, 0.05) is 79.6 Å². The molecule has 0 aliphatic heterocycles. The molecule has 30 nitrogen and oxygen atoms in total. The molecule has 10 amide bonds. The lowest BCUT2D eigenvalue weighted by Crippen LogP contribution is -2.62. The van der Waals surface area contributed by atoms with E-state index in [1.807, 2.05) is 12.1 Å². The third-order valence-corrected chi connectivity index (χ3v) is 17.8. The molecule has 0 aliphatic carbocycles. The van der Waals surface area contributed by atoms with Gasteiger partial charge in [-0.25, -0.2) is 9.78 Å². The number of nitrogens with two attached hydrogens (primary N) is 1. The van der Waals surface area contributed by atoms with Crippen LogP contribution in [0, 0.1) is 5.92 Å². The van der Waals surface area contributed by atoms with Crippen LogP contribution in [0.2, 0.25) is 0 Å². The van der Waals surface area contributed by atoms with Crippen molar-refractivity contribution >= 4 is 118 Å². The van der Waals surface area contributed by atoms with Gasteiger partial charge in [-0.05, 0) is 71.0 Å². The monoisotopic (exact) mass is 1450 g/mol. The number of aromatic amines is 2. The zero-order valence-corrected chi connectivity index (χ0v) is 58.8. The number of para-hydroxylation sites is 1. The number of nitrogens with one attached hydrogen (secondary N) is 11. The van der Waals surface area contributed by atoms with E-state index in [0.717, 1.165) is 10.3 Å². The number of aromatic hydroxyl groups is 1. The Morgan fingerprint density at radius 1 is 0.505 bits per heavy atom. The van der Waals surface area contributed by atoms with E-state index in [0.29, 0.717) is 44.2 Å². The number of imidazole rings is 1. The lowest BCUT2D eigenvalue weighted by atomic mass is 9.97. The van der Waals surface area contributed by atoms with Crippen LogP contribution in [0.4, 0.5) is 0 Å². The molecule has 0 unspecified atom stereocenters. The van der Waals surface area contributed by atoms with E-state index in [-0.39, 0.29) is 43.6 Å². The summed E-state index contributed by atoms with van der Waals surface area (Å²) in [6.45, 7) is 5.64. The number of likely N-dealkylation sites (N-methyl/N-ethyl adjacent to an activating group) is 1. The fraction of sp³-hybridized carbons (Fsp3) is 0.366. The fourth-order valence-corrected chi connectivity index (χ4v) is 11.7. The molecule has 0 spiro atoms. The first-order valence-corrected chi connectivity index (χ1v) is 34.2. The quantitative estimate of drug-likeness (QED) is 0.0232. The summed E-state index contributed by atoms with van der Waals surface area (Å²) in [5.41, 5.74) is 8.76. The molecule has 0 fully saturated rings. The van der Waals surface area contributed by atoms with Crippen LogP contribution < -0.4 is 53.6 Å². The Morgan fingerprint density at radius 2 is 1.04 bits per heavy atom. The summed E-state index contributed by atoms with van der Waals surface area (Å²) in [5, 5.41) is 66.4. The highest BCUT2D eigenvalue weighted by molar-refractivity contribution is 7.80. The number of aliphatic hydroxyl groups excluding tert-OH is 1. The minimum absolute atomic E-state index is 0.0657. The van der Waals surface area contributed by atoms with Crippen LogP contribution in [0.25, 0.3) is 21.7 Å². The van der Waals surface area contributed by atoms with Crippen molar-refractivity contribution in [2.75, 3.05) is 18.6 Å². The Balaban J connectivity index is 1.15. The van der Waals surface area contributed by atoms with Gasteiger partial charge in [0.2, 0.25) is 59.1 Å². The van der Waals surface area contributed by atoms with E-state index in [2.05, 4.69) is 88.1 Å². The maximum absolute atomic E-state index is 15.2. The Labute approximate surface area is 603 Å². The number of rotatable bonds is 37. The molecular weight excluding hydrogens is 1370 g/mol. The predicted molar refractivity (Wildman–Crippen MR) is 386 cm³/mol. The van der Waals surface area contributed by atoms with Gasteiger partial charge < -0.3 is 88.9 Å². The van der Waals surface area contributed by atoms with E-state index in [9.17, 15) is 68.4 Å². The molecule has 548 valence electrons. The van der Waals surface area contributed by atoms with Crippen molar-refractivity contribution in [2.45, 2.75) is 139 Å². The van der Waals surface area contributed by atoms with Gasteiger partial charge in [-0.1, -0.05) is 117 Å². The number of aliphatic hydroxyl groups is 1. The summed E-state index contributed by atoms with van der Waals surface area (Å²) in [4.78, 5) is 179. The van der Waals surface area contributed by atoms with Crippen molar-refractivity contribution < 1.29 is 78.0 Å². The zero-order valence-electron chi connectivity index (χ0n) is 57.0. The van der Waals surface area contributed by atoms with Gasteiger partial charge in [0.15, 0.2) is 0 Å². The van der Waals surface area contributed by atoms with Crippen molar-refractivity contribution in [1.29, 1.82) is 0 Å². The number of nitrogens with zero attached hydrogens (tertiary/aromatic N) is 2.